The summed E-state index contributed by atoms with van der Waals surface area (Å²) in [5.41, 5.74) is 5.80. The minimum atomic E-state index is 1.04. The number of aromatic nitrogens is 2. The molecule has 4 aromatic rings. The minimum Gasteiger partial charge on any atom is -0.267 e. The Morgan fingerprint density at radius 2 is 1.32 bits per heavy atom. The van der Waals surface area contributed by atoms with Crippen LogP contribution in [0.5, 0.6) is 0 Å². The van der Waals surface area contributed by atoms with Gasteiger partial charge in [0.2, 0.25) is 0 Å². The summed E-state index contributed by atoms with van der Waals surface area (Å²) in [6.45, 7) is 0. The van der Waals surface area contributed by atoms with Gasteiger partial charge in [0.15, 0.2) is 0 Å². The van der Waals surface area contributed by atoms with Gasteiger partial charge in [0.1, 0.15) is 5.69 Å². The first-order valence-corrected chi connectivity index (χ1v) is 7.41. The molecule has 2 heteroatoms. The molecule has 4 rings (SSSR count). The number of hydrogen-bond donors (Lipinski definition) is 0. The Kier molecular flexibility index (Phi) is 3.01. The molecule has 3 aromatic carbocycles. The van der Waals surface area contributed by atoms with Gasteiger partial charge in [-0.25, -0.2) is 0 Å². The van der Waals surface area contributed by atoms with Crippen LogP contribution >= 0.6 is 0 Å². The Morgan fingerprint density at radius 1 is 0.682 bits per heavy atom. The number of hydrogen-bond acceptors (Lipinski definition) is 1. The lowest BCUT2D eigenvalue weighted by molar-refractivity contribution is 0.801. The van der Waals surface area contributed by atoms with E-state index in [9.17, 15) is 0 Å². The number of para-hydroxylation sites is 1. The Bertz CT molecular complexity index is 922. The van der Waals surface area contributed by atoms with E-state index in [-0.39, 0.29) is 0 Å². The number of fused-ring (bicyclic) bond motifs is 1. The van der Waals surface area contributed by atoms with Gasteiger partial charge in [-0.15, -0.1) is 0 Å². The average molecular weight is 284 g/mol. The summed E-state index contributed by atoms with van der Waals surface area (Å²) < 4.78 is 1.99. The van der Waals surface area contributed by atoms with Crippen molar-refractivity contribution >= 4 is 10.9 Å². The van der Waals surface area contributed by atoms with E-state index >= 15 is 0 Å². The van der Waals surface area contributed by atoms with Crippen LogP contribution in [-0.4, -0.2) is 9.78 Å². The highest BCUT2D eigenvalue weighted by atomic mass is 15.3. The summed E-state index contributed by atoms with van der Waals surface area (Å²) in [7, 11) is 2.02. The van der Waals surface area contributed by atoms with Crippen molar-refractivity contribution in [3.63, 3.8) is 0 Å². The van der Waals surface area contributed by atoms with Gasteiger partial charge in [0, 0.05) is 23.6 Å². The summed E-state index contributed by atoms with van der Waals surface area (Å²) in [4.78, 5) is 0. The second-order valence-electron chi connectivity index (χ2n) is 5.41. The summed E-state index contributed by atoms with van der Waals surface area (Å²) >= 11 is 0. The zero-order valence-corrected chi connectivity index (χ0v) is 12.4. The summed E-state index contributed by atoms with van der Waals surface area (Å²) in [6.07, 6.45) is 0. The third-order valence-electron chi connectivity index (χ3n) is 4.00. The molecule has 0 N–H and O–H groups in total. The van der Waals surface area contributed by atoms with E-state index in [1.165, 1.54) is 22.0 Å². The average Bonchev–Trinajstić information content (AvgIpc) is 2.94. The fourth-order valence-corrected chi connectivity index (χ4v) is 3.00. The summed E-state index contributed by atoms with van der Waals surface area (Å²) in [5, 5.41) is 5.95. The van der Waals surface area contributed by atoms with Crippen molar-refractivity contribution in [3.8, 4) is 22.4 Å². The Labute approximate surface area is 129 Å². The zero-order valence-electron chi connectivity index (χ0n) is 12.4. The highest BCUT2D eigenvalue weighted by Gasteiger charge is 2.14. The molecular weight excluding hydrogens is 268 g/mol. The second kappa shape index (κ2) is 5.15. The fourth-order valence-electron chi connectivity index (χ4n) is 3.00. The molecule has 1 heterocycles. The molecule has 0 aliphatic heterocycles. The topological polar surface area (TPSA) is 17.8 Å². The highest BCUT2D eigenvalue weighted by molar-refractivity contribution is 6.01. The van der Waals surface area contributed by atoms with Crippen LogP contribution in [0.25, 0.3) is 33.3 Å². The number of nitrogens with zero attached hydrogens (tertiary/aromatic N) is 2. The third-order valence-corrected chi connectivity index (χ3v) is 4.00. The first-order chi connectivity index (χ1) is 10.8. The van der Waals surface area contributed by atoms with Crippen molar-refractivity contribution in [1.29, 1.82) is 0 Å². The van der Waals surface area contributed by atoms with Crippen molar-refractivity contribution in [2.45, 2.75) is 0 Å². The normalized spacial score (nSPS) is 11.0. The highest BCUT2D eigenvalue weighted by Crippen LogP contribution is 2.33. The van der Waals surface area contributed by atoms with Gasteiger partial charge in [-0.05, 0) is 5.56 Å². The molecule has 0 atom stereocenters. The largest absolute Gasteiger partial charge is 0.267 e. The van der Waals surface area contributed by atoms with Crippen LogP contribution in [-0.2, 0) is 7.05 Å². The lowest BCUT2D eigenvalue weighted by atomic mass is 10.0. The van der Waals surface area contributed by atoms with Gasteiger partial charge in [0.25, 0.3) is 0 Å². The maximum absolute atomic E-state index is 4.76. The van der Waals surface area contributed by atoms with Gasteiger partial charge in [0.05, 0.1) is 5.52 Å². The molecule has 2 nitrogen and oxygen atoms in total. The van der Waals surface area contributed by atoms with Gasteiger partial charge < -0.3 is 0 Å². The van der Waals surface area contributed by atoms with Crippen LogP contribution in [0.3, 0.4) is 0 Å². The maximum Gasteiger partial charge on any atom is 0.100 e. The van der Waals surface area contributed by atoms with Crippen LogP contribution in [0, 0.1) is 0 Å². The van der Waals surface area contributed by atoms with E-state index in [1.807, 2.05) is 23.9 Å². The Hall–Kier alpha value is -2.87. The fraction of sp³-hybridized carbons (Fsp3) is 0.0500. The molecule has 0 saturated heterocycles. The maximum atomic E-state index is 4.76. The molecule has 0 saturated carbocycles. The van der Waals surface area contributed by atoms with E-state index in [0.717, 1.165) is 11.3 Å². The zero-order chi connectivity index (χ0) is 14.9. The van der Waals surface area contributed by atoms with Crippen molar-refractivity contribution in [2.24, 2.45) is 7.05 Å². The molecule has 0 bridgehead atoms. The molecule has 0 radical (unpaired) electrons. The molecule has 0 aliphatic carbocycles. The van der Waals surface area contributed by atoms with Gasteiger partial charge in [-0.2, -0.15) is 5.10 Å². The number of benzene rings is 3. The smallest absolute Gasteiger partial charge is 0.100 e. The van der Waals surface area contributed by atoms with Crippen molar-refractivity contribution in [1.82, 2.24) is 9.78 Å². The van der Waals surface area contributed by atoms with E-state index in [1.54, 1.807) is 0 Å². The molecule has 0 amide bonds. The molecule has 106 valence electrons. The van der Waals surface area contributed by atoms with E-state index in [4.69, 9.17) is 5.10 Å². The molecule has 1 aromatic heterocycles. The second-order valence-corrected chi connectivity index (χ2v) is 5.41. The molecular formula is C20H16N2. The van der Waals surface area contributed by atoms with Crippen LogP contribution in [0.15, 0.2) is 78.9 Å². The molecule has 22 heavy (non-hydrogen) atoms. The lowest BCUT2D eigenvalue weighted by Gasteiger charge is -2.05. The third kappa shape index (κ3) is 2.01. The predicted molar refractivity (Wildman–Crippen MR) is 91.6 cm³/mol. The first-order valence-electron chi connectivity index (χ1n) is 7.41. The van der Waals surface area contributed by atoms with Crippen LogP contribution in [0.2, 0.25) is 0 Å². The Morgan fingerprint density at radius 3 is 2.00 bits per heavy atom. The predicted octanol–water partition coefficient (Wildman–Crippen LogP) is 4.91. The van der Waals surface area contributed by atoms with E-state index in [0.29, 0.717) is 0 Å². The molecule has 0 fully saturated rings. The SMILES string of the molecule is Cn1nc(-c2ccccc2)c2cccc(-c3ccccc3)c21. The van der Waals surface area contributed by atoms with Gasteiger partial charge in [-0.3, -0.25) is 4.68 Å². The van der Waals surface area contributed by atoms with Crippen LogP contribution < -0.4 is 0 Å². The van der Waals surface area contributed by atoms with Gasteiger partial charge in [-0.1, -0.05) is 78.9 Å². The standard InChI is InChI=1S/C20H16N2/c1-22-20-17(15-9-4-2-5-10-15)13-8-14-18(20)19(21-22)16-11-6-3-7-12-16/h2-14H,1H3. The van der Waals surface area contributed by atoms with E-state index in [2.05, 4.69) is 66.7 Å². The number of rotatable bonds is 2. The molecule has 0 spiro atoms. The van der Waals surface area contributed by atoms with Crippen LogP contribution in [0.1, 0.15) is 0 Å². The summed E-state index contributed by atoms with van der Waals surface area (Å²) in [6, 6.07) is 27.2. The van der Waals surface area contributed by atoms with Crippen molar-refractivity contribution < 1.29 is 0 Å². The Balaban J connectivity index is 2.02. The first kappa shape index (κ1) is 12.8. The van der Waals surface area contributed by atoms with Crippen molar-refractivity contribution in [2.75, 3.05) is 0 Å². The summed E-state index contributed by atoms with van der Waals surface area (Å²) in [5.74, 6) is 0. The number of aryl methyl sites for hydroxylation is 1. The molecule has 0 aliphatic rings. The lowest BCUT2D eigenvalue weighted by Crippen LogP contribution is -1.92. The van der Waals surface area contributed by atoms with Gasteiger partial charge >= 0.3 is 0 Å². The minimum absolute atomic E-state index is 1.04. The molecule has 0 unspecified atom stereocenters. The van der Waals surface area contributed by atoms with Crippen LogP contribution in [0.4, 0.5) is 0 Å². The monoisotopic (exact) mass is 284 g/mol. The van der Waals surface area contributed by atoms with Crippen molar-refractivity contribution in [3.05, 3.63) is 78.9 Å². The van der Waals surface area contributed by atoms with E-state index < -0.39 is 0 Å². The quantitative estimate of drug-likeness (QED) is 0.511.